The van der Waals surface area contributed by atoms with Crippen molar-refractivity contribution in [1.82, 2.24) is 0 Å². The van der Waals surface area contributed by atoms with Gasteiger partial charge in [0.25, 0.3) is 0 Å². The van der Waals surface area contributed by atoms with Crippen LogP contribution in [0.4, 0.5) is 0 Å². The molecule has 0 amide bonds. The summed E-state index contributed by atoms with van der Waals surface area (Å²) in [6.45, 7) is 1.48. The zero-order valence-electron chi connectivity index (χ0n) is 6.46. The van der Waals surface area contributed by atoms with Crippen molar-refractivity contribution < 1.29 is 9.59 Å². The number of ketones is 1. The minimum Gasteiger partial charge on any atom is -0.298 e. The van der Waals surface area contributed by atoms with E-state index in [2.05, 4.69) is 0 Å². The summed E-state index contributed by atoms with van der Waals surface area (Å²) < 4.78 is 0. The predicted octanol–water partition coefficient (Wildman–Crippen LogP) is 1.42. The zero-order chi connectivity index (χ0) is 8.27. The number of aldehydes is 1. The Bertz CT molecular complexity index is 246. The van der Waals surface area contributed by atoms with E-state index in [4.69, 9.17) is 0 Å². The Morgan fingerprint density at radius 3 is 2.82 bits per heavy atom. The fourth-order valence-corrected chi connectivity index (χ4v) is 1.15. The number of carbonyl (C=O) groups excluding carboxylic acids is 2. The third kappa shape index (κ3) is 1.64. The van der Waals surface area contributed by atoms with Gasteiger partial charge in [-0.3, -0.25) is 9.59 Å². The number of allylic oxidation sites excluding steroid dienone is 4. The number of rotatable bonds is 2. The summed E-state index contributed by atoms with van der Waals surface area (Å²) >= 11 is 0. The highest BCUT2D eigenvalue weighted by Gasteiger charge is 2.10. The van der Waals surface area contributed by atoms with Gasteiger partial charge in [-0.2, -0.15) is 0 Å². The van der Waals surface area contributed by atoms with Crippen molar-refractivity contribution >= 4 is 12.1 Å². The summed E-state index contributed by atoms with van der Waals surface area (Å²) in [5.74, 6) is -0.0250. The maximum Gasteiger partial charge on any atom is 0.160 e. The summed E-state index contributed by atoms with van der Waals surface area (Å²) in [6, 6.07) is 0. The Labute approximate surface area is 65.6 Å². The third-order valence-electron chi connectivity index (χ3n) is 1.73. The van der Waals surface area contributed by atoms with Crippen LogP contribution in [0.5, 0.6) is 0 Å². The first-order valence-electron chi connectivity index (χ1n) is 3.61. The Morgan fingerprint density at radius 2 is 2.36 bits per heavy atom. The van der Waals surface area contributed by atoms with Gasteiger partial charge in [-0.05, 0) is 19.8 Å². The molecule has 0 aromatic rings. The summed E-state index contributed by atoms with van der Waals surface area (Å²) in [5, 5.41) is 0. The number of carbonyl (C=O) groups is 2. The van der Waals surface area contributed by atoms with E-state index >= 15 is 0 Å². The topological polar surface area (TPSA) is 34.1 Å². The first-order valence-corrected chi connectivity index (χ1v) is 3.61. The van der Waals surface area contributed by atoms with Crippen LogP contribution in [0.3, 0.4) is 0 Å². The Morgan fingerprint density at radius 1 is 1.64 bits per heavy atom. The second kappa shape index (κ2) is 3.28. The largest absolute Gasteiger partial charge is 0.298 e. The average Bonchev–Trinajstić information content (AvgIpc) is 2.04. The van der Waals surface area contributed by atoms with E-state index in [1.54, 1.807) is 6.08 Å². The van der Waals surface area contributed by atoms with Crippen LogP contribution in [-0.4, -0.2) is 12.1 Å². The molecule has 0 spiro atoms. The molecular formula is C9H10O2. The lowest BCUT2D eigenvalue weighted by atomic mass is 9.96. The third-order valence-corrected chi connectivity index (χ3v) is 1.73. The Balaban J connectivity index is 3.01. The highest BCUT2D eigenvalue weighted by Crippen LogP contribution is 2.17. The molecule has 0 bridgehead atoms. The molecule has 0 aliphatic heterocycles. The molecule has 2 heteroatoms. The molecule has 1 aliphatic rings. The van der Waals surface area contributed by atoms with Gasteiger partial charge in [-0.15, -0.1) is 0 Å². The molecule has 0 heterocycles. The molecule has 0 fully saturated rings. The lowest BCUT2D eigenvalue weighted by Crippen LogP contribution is -2.03. The zero-order valence-corrected chi connectivity index (χ0v) is 6.46. The highest BCUT2D eigenvalue weighted by atomic mass is 16.1. The van der Waals surface area contributed by atoms with Crippen LogP contribution < -0.4 is 0 Å². The van der Waals surface area contributed by atoms with Gasteiger partial charge in [0.05, 0.1) is 0 Å². The van der Waals surface area contributed by atoms with E-state index < -0.39 is 0 Å². The van der Waals surface area contributed by atoms with Crippen LogP contribution in [0.1, 0.15) is 19.8 Å². The normalized spacial score (nSPS) is 16.8. The maximum absolute atomic E-state index is 10.9. The van der Waals surface area contributed by atoms with Crippen LogP contribution in [0.15, 0.2) is 23.3 Å². The summed E-state index contributed by atoms with van der Waals surface area (Å²) in [6.07, 6.45) is 6.00. The van der Waals surface area contributed by atoms with Gasteiger partial charge in [0.2, 0.25) is 0 Å². The van der Waals surface area contributed by atoms with Gasteiger partial charge < -0.3 is 0 Å². The summed E-state index contributed by atoms with van der Waals surface area (Å²) in [5.41, 5.74) is 1.21. The monoisotopic (exact) mass is 150 g/mol. The minimum absolute atomic E-state index is 0.0250. The fourth-order valence-electron chi connectivity index (χ4n) is 1.15. The quantitative estimate of drug-likeness (QED) is 0.558. The van der Waals surface area contributed by atoms with Crippen LogP contribution in [-0.2, 0) is 9.59 Å². The molecule has 0 saturated carbocycles. The molecule has 0 N–H and O–H groups in total. The number of hydrogen-bond donors (Lipinski definition) is 0. The van der Waals surface area contributed by atoms with Crippen LogP contribution >= 0.6 is 0 Å². The first kappa shape index (κ1) is 7.92. The van der Waals surface area contributed by atoms with Crippen molar-refractivity contribution in [3.63, 3.8) is 0 Å². The van der Waals surface area contributed by atoms with E-state index in [0.29, 0.717) is 17.6 Å². The molecule has 1 aliphatic carbocycles. The van der Waals surface area contributed by atoms with Gasteiger partial charge in [0.15, 0.2) is 5.78 Å². The number of hydrogen-bond acceptors (Lipinski definition) is 2. The first-order chi connectivity index (χ1) is 5.25. The van der Waals surface area contributed by atoms with E-state index in [0.717, 1.165) is 12.7 Å². The van der Waals surface area contributed by atoms with Gasteiger partial charge >= 0.3 is 0 Å². The molecule has 2 nitrogen and oxygen atoms in total. The van der Waals surface area contributed by atoms with Gasteiger partial charge in [0, 0.05) is 11.1 Å². The lowest BCUT2D eigenvalue weighted by molar-refractivity contribution is -0.114. The van der Waals surface area contributed by atoms with Crippen molar-refractivity contribution in [2.45, 2.75) is 19.8 Å². The number of Topliss-reactive ketones (excluding diaryl/α,β-unsaturated/α-hetero) is 1. The van der Waals surface area contributed by atoms with Crippen molar-refractivity contribution in [2.75, 3.05) is 0 Å². The molecular weight excluding hydrogens is 140 g/mol. The lowest BCUT2D eigenvalue weighted by Gasteiger charge is -2.07. The molecule has 0 aromatic heterocycles. The van der Waals surface area contributed by atoms with E-state index in [1.165, 1.54) is 6.92 Å². The molecule has 0 radical (unpaired) electrons. The average molecular weight is 150 g/mol. The standard InChI is InChI=1S/C9H10O2/c1-7(11)9-5-3-2-4-8(9)6-10/h3,5-6H,2,4H2,1H3. The smallest absolute Gasteiger partial charge is 0.160 e. The summed E-state index contributed by atoms with van der Waals surface area (Å²) in [7, 11) is 0. The molecule has 0 unspecified atom stereocenters. The Hall–Kier alpha value is -1.18. The van der Waals surface area contributed by atoms with Crippen LogP contribution in [0.2, 0.25) is 0 Å². The maximum atomic E-state index is 10.9. The van der Waals surface area contributed by atoms with Gasteiger partial charge in [-0.1, -0.05) is 12.2 Å². The van der Waals surface area contributed by atoms with Crippen LogP contribution in [0, 0.1) is 0 Å². The molecule has 0 atom stereocenters. The summed E-state index contributed by atoms with van der Waals surface area (Å²) in [4.78, 5) is 21.3. The van der Waals surface area contributed by atoms with E-state index in [-0.39, 0.29) is 5.78 Å². The van der Waals surface area contributed by atoms with E-state index in [9.17, 15) is 9.59 Å². The van der Waals surface area contributed by atoms with Crippen molar-refractivity contribution in [1.29, 1.82) is 0 Å². The van der Waals surface area contributed by atoms with Crippen LogP contribution in [0.25, 0.3) is 0 Å². The van der Waals surface area contributed by atoms with Crippen molar-refractivity contribution in [3.8, 4) is 0 Å². The molecule has 58 valence electrons. The molecule has 0 saturated heterocycles. The molecule has 1 rings (SSSR count). The highest BCUT2D eigenvalue weighted by molar-refractivity contribution is 6.01. The van der Waals surface area contributed by atoms with Crippen molar-refractivity contribution in [3.05, 3.63) is 23.3 Å². The van der Waals surface area contributed by atoms with Gasteiger partial charge in [0.1, 0.15) is 6.29 Å². The Kier molecular flexibility index (Phi) is 2.36. The van der Waals surface area contributed by atoms with Crippen molar-refractivity contribution in [2.24, 2.45) is 0 Å². The predicted molar refractivity (Wildman–Crippen MR) is 42.1 cm³/mol. The minimum atomic E-state index is -0.0250. The molecule has 0 aromatic carbocycles. The second-order valence-electron chi connectivity index (χ2n) is 2.55. The van der Waals surface area contributed by atoms with E-state index in [1.807, 2.05) is 6.08 Å². The fraction of sp³-hybridized carbons (Fsp3) is 0.333. The van der Waals surface area contributed by atoms with Gasteiger partial charge in [-0.25, -0.2) is 0 Å². The SMILES string of the molecule is CC(=O)C1=C(C=O)CCC=C1. The second-order valence-corrected chi connectivity index (χ2v) is 2.55. The molecule has 11 heavy (non-hydrogen) atoms.